The van der Waals surface area contributed by atoms with Crippen LogP contribution in [0.3, 0.4) is 0 Å². The van der Waals surface area contributed by atoms with Crippen LogP contribution in [-0.2, 0) is 6.18 Å². The van der Waals surface area contributed by atoms with Gasteiger partial charge in [-0.3, -0.25) is 0 Å². The summed E-state index contributed by atoms with van der Waals surface area (Å²) in [4.78, 5) is 9.80. The molecule has 6 nitrogen and oxygen atoms in total. The zero-order chi connectivity index (χ0) is 18.5. The predicted molar refractivity (Wildman–Crippen MR) is 87.7 cm³/mol. The average Bonchev–Trinajstić information content (AvgIpc) is 3.21. The molecule has 0 unspecified atom stereocenters. The topological polar surface area (TPSA) is 67.1 Å². The van der Waals surface area contributed by atoms with E-state index in [1.54, 1.807) is 11.0 Å². The summed E-state index contributed by atoms with van der Waals surface area (Å²) < 4.78 is 40.0. The third-order valence-corrected chi connectivity index (χ3v) is 5.61. The summed E-state index contributed by atoms with van der Waals surface area (Å²) in [6.45, 7) is 1.25. The molecule has 1 aliphatic heterocycles. The number of aliphatic hydroxyl groups is 1. The summed E-state index contributed by atoms with van der Waals surface area (Å²) in [5.41, 5.74) is -0.857. The van der Waals surface area contributed by atoms with Crippen LogP contribution >= 0.6 is 11.6 Å². The van der Waals surface area contributed by atoms with Gasteiger partial charge in [0, 0.05) is 19.3 Å². The number of alkyl halides is 3. The molecule has 0 radical (unpaired) electrons. The third-order valence-electron chi connectivity index (χ3n) is 5.33. The number of anilines is 1. The van der Waals surface area contributed by atoms with E-state index in [1.165, 1.54) is 6.33 Å². The molecule has 4 atom stereocenters. The van der Waals surface area contributed by atoms with Crippen molar-refractivity contribution in [3.05, 3.63) is 35.5 Å². The van der Waals surface area contributed by atoms with Gasteiger partial charge < -0.3 is 10.0 Å². The molecule has 140 valence electrons. The maximum absolute atomic E-state index is 12.8. The Morgan fingerprint density at radius 1 is 1.19 bits per heavy atom. The molecule has 2 fully saturated rings. The van der Waals surface area contributed by atoms with Crippen LogP contribution in [0.1, 0.15) is 24.4 Å². The number of pyridine rings is 1. The summed E-state index contributed by atoms with van der Waals surface area (Å²) in [6, 6.07) is 0.772. The van der Waals surface area contributed by atoms with Crippen LogP contribution in [0.5, 0.6) is 0 Å². The minimum Gasteiger partial charge on any atom is -0.391 e. The Hall–Kier alpha value is -1.87. The standard InChI is InChI=1S/C16H17ClF3N5O/c17-12-3-11(16(18,19)20)4-22-15(12)24-5-9-1-13(25-8-21-7-23-25)14(26)2-10(9)6-24/h3-4,7-10,13-14,26H,1-2,5-6H2/t9-,10+,13-,14-/m1/s1. The largest absolute Gasteiger partial charge is 0.417 e. The van der Waals surface area contributed by atoms with Crippen LogP contribution < -0.4 is 4.90 Å². The van der Waals surface area contributed by atoms with Crippen molar-refractivity contribution in [3.63, 3.8) is 0 Å². The minimum atomic E-state index is -4.47. The quantitative estimate of drug-likeness (QED) is 0.858. The van der Waals surface area contributed by atoms with E-state index < -0.39 is 17.8 Å². The minimum absolute atomic E-state index is 0.00755. The number of hydrogen-bond acceptors (Lipinski definition) is 5. The molecule has 1 saturated heterocycles. The number of fused-ring (bicyclic) bond motifs is 1. The van der Waals surface area contributed by atoms with Crippen LogP contribution in [0.4, 0.5) is 19.0 Å². The number of hydrogen-bond donors (Lipinski definition) is 1. The van der Waals surface area contributed by atoms with Crippen molar-refractivity contribution in [3.8, 4) is 0 Å². The van der Waals surface area contributed by atoms with Gasteiger partial charge in [0.1, 0.15) is 18.5 Å². The van der Waals surface area contributed by atoms with Crippen molar-refractivity contribution >= 4 is 17.4 Å². The first-order valence-electron chi connectivity index (χ1n) is 8.33. The molecule has 1 saturated carbocycles. The third kappa shape index (κ3) is 3.14. The SMILES string of the molecule is O[C@@H]1C[C@H]2CN(c3ncc(C(F)(F)F)cc3Cl)C[C@H]2C[C@H]1n1cncn1. The van der Waals surface area contributed by atoms with E-state index in [9.17, 15) is 18.3 Å². The fraction of sp³-hybridized carbons (Fsp3) is 0.562. The molecule has 26 heavy (non-hydrogen) atoms. The molecular weight excluding hydrogens is 371 g/mol. The molecule has 2 aromatic heterocycles. The van der Waals surface area contributed by atoms with Crippen molar-refractivity contribution in [2.75, 3.05) is 18.0 Å². The lowest BCUT2D eigenvalue weighted by atomic mass is 9.77. The van der Waals surface area contributed by atoms with Crippen molar-refractivity contribution < 1.29 is 18.3 Å². The Morgan fingerprint density at radius 2 is 1.92 bits per heavy atom. The van der Waals surface area contributed by atoms with E-state index in [-0.39, 0.29) is 22.9 Å². The Bertz CT molecular complexity index is 785. The molecule has 0 aromatic carbocycles. The normalized spacial score (nSPS) is 29.0. The molecule has 0 bridgehead atoms. The zero-order valence-corrected chi connectivity index (χ0v) is 14.4. The van der Waals surface area contributed by atoms with Crippen LogP contribution in [0.15, 0.2) is 24.9 Å². The van der Waals surface area contributed by atoms with E-state index >= 15 is 0 Å². The van der Waals surface area contributed by atoms with E-state index in [0.29, 0.717) is 25.3 Å². The number of rotatable bonds is 2. The Labute approximate surface area is 152 Å². The fourth-order valence-corrected chi connectivity index (χ4v) is 4.36. The molecule has 10 heteroatoms. The molecule has 0 amide bonds. The van der Waals surface area contributed by atoms with Crippen LogP contribution in [0, 0.1) is 11.8 Å². The van der Waals surface area contributed by atoms with Crippen LogP contribution in [0.25, 0.3) is 0 Å². The fourth-order valence-electron chi connectivity index (χ4n) is 4.07. The van der Waals surface area contributed by atoms with Gasteiger partial charge in [-0.25, -0.2) is 14.6 Å². The lowest BCUT2D eigenvalue weighted by molar-refractivity contribution is -0.137. The van der Waals surface area contributed by atoms with Gasteiger partial charge in [0.05, 0.1) is 22.7 Å². The Kier molecular flexibility index (Phi) is 4.31. The average molecular weight is 388 g/mol. The highest BCUT2D eigenvalue weighted by molar-refractivity contribution is 6.33. The van der Waals surface area contributed by atoms with Crippen molar-refractivity contribution in [2.45, 2.75) is 31.2 Å². The van der Waals surface area contributed by atoms with Crippen molar-refractivity contribution in [1.82, 2.24) is 19.7 Å². The van der Waals surface area contributed by atoms with Crippen LogP contribution in [-0.4, -0.2) is 44.0 Å². The Balaban J connectivity index is 1.52. The summed E-state index contributed by atoms with van der Waals surface area (Å²) in [6.07, 6.45) is 0.169. The summed E-state index contributed by atoms with van der Waals surface area (Å²) in [5, 5.41) is 14.6. The van der Waals surface area contributed by atoms with E-state index in [2.05, 4.69) is 15.1 Å². The number of aromatic nitrogens is 4. The highest BCUT2D eigenvalue weighted by Crippen LogP contribution is 2.43. The lowest BCUT2D eigenvalue weighted by Crippen LogP contribution is -2.36. The predicted octanol–water partition coefficient (Wildman–Crippen LogP) is 2.79. The molecule has 1 aliphatic carbocycles. The second kappa shape index (κ2) is 6.38. The molecule has 4 rings (SSSR count). The highest BCUT2D eigenvalue weighted by atomic mass is 35.5. The van der Waals surface area contributed by atoms with Crippen molar-refractivity contribution in [2.24, 2.45) is 11.8 Å². The van der Waals surface area contributed by atoms with E-state index in [1.807, 2.05) is 4.90 Å². The van der Waals surface area contributed by atoms with Gasteiger partial charge in [-0.15, -0.1) is 0 Å². The number of aliphatic hydroxyl groups excluding tert-OH is 1. The Morgan fingerprint density at radius 3 is 2.54 bits per heavy atom. The molecule has 2 aromatic rings. The smallest absolute Gasteiger partial charge is 0.391 e. The van der Waals surface area contributed by atoms with Crippen molar-refractivity contribution in [1.29, 1.82) is 0 Å². The van der Waals surface area contributed by atoms with E-state index in [4.69, 9.17) is 11.6 Å². The van der Waals surface area contributed by atoms with Gasteiger partial charge in [0.15, 0.2) is 0 Å². The maximum Gasteiger partial charge on any atom is 0.417 e. The molecule has 1 N–H and O–H groups in total. The monoisotopic (exact) mass is 387 g/mol. The second-order valence-electron chi connectivity index (χ2n) is 6.93. The summed E-state index contributed by atoms with van der Waals surface area (Å²) >= 11 is 6.08. The van der Waals surface area contributed by atoms with Gasteiger partial charge in [0.25, 0.3) is 0 Å². The molecule has 2 aliphatic rings. The first kappa shape index (κ1) is 17.5. The lowest BCUT2D eigenvalue weighted by Gasteiger charge is -2.34. The number of halogens is 4. The molecular formula is C16H17ClF3N5O. The van der Waals surface area contributed by atoms with Gasteiger partial charge in [-0.1, -0.05) is 11.6 Å². The van der Waals surface area contributed by atoms with E-state index in [0.717, 1.165) is 18.7 Å². The molecule has 3 heterocycles. The zero-order valence-electron chi connectivity index (χ0n) is 13.6. The summed E-state index contributed by atoms with van der Waals surface area (Å²) in [7, 11) is 0. The van der Waals surface area contributed by atoms with Gasteiger partial charge in [0.2, 0.25) is 0 Å². The first-order chi connectivity index (χ1) is 12.3. The highest BCUT2D eigenvalue weighted by Gasteiger charge is 2.43. The second-order valence-corrected chi connectivity index (χ2v) is 7.34. The van der Waals surface area contributed by atoms with Crippen LogP contribution in [0.2, 0.25) is 5.02 Å². The number of nitrogens with zero attached hydrogens (tertiary/aromatic N) is 5. The molecule has 0 spiro atoms. The van der Waals surface area contributed by atoms with Gasteiger partial charge in [-0.2, -0.15) is 18.3 Å². The maximum atomic E-state index is 12.8. The first-order valence-corrected chi connectivity index (χ1v) is 8.70. The van der Waals surface area contributed by atoms with Gasteiger partial charge in [-0.05, 0) is 30.7 Å². The summed E-state index contributed by atoms with van der Waals surface area (Å²) in [5.74, 6) is 0.888. The van der Waals surface area contributed by atoms with Gasteiger partial charge >= 0.3 is 6.18 Å².